The zero-order valence-corrected chi connectivity index (χ0v) is 14.6. The summed E-state index contributed by atoms with van der Waals surface area (Å²) >= 11 is 4.31. The van der Waals surface area contributed by atoms with E-state index in [0.29, 0.717) is 6.04 Å². The second kappa shape index (κ2) is 7.76. The molecule has 3 nitrogen and oxygen atoms in total. The summed E-state index contributed by atoms with van der Waals surface area (Å²) in [6.45, 7) is 7.99. The molecule has 1 aliphatic heterocycles. The molecule has 1 saturated heterocycles. The van der Waals surface area contributed by atoms with Crippen LogP contribution in [-0.2, 0) is 13.5 Å². The minimum absolute atomic E-state index is 0.601. The Labute approximate surface area is 131 Å². The molecular formula is C15H27N3S2. The Morgan fingerprint density at radius 1 is 1.45 bits per heavy atom. The number of imidazole rings is 1. The lowest BCUT2D eigenvalue weighted by Gasteiger charge is -2.36. The largest absolute Gasteiger partial charge is 0.338 e. The zero-order chi connectivity index (χ0) is 14.5. The molecule has 0 spiro atoms. The predicted octanol–water partition coefficient (Wildman–Crippen LogP) is 2.96. The van der Waals surface area contributed by atoms with Gasteiger partial charge >= 0.3 is 0 Å². The standard InChI is InChI=1S/C15H27N3S2/c1-5-16-13(6-7-15-17-8-9-18(15)4)14-10-19-11(2)12(3)20-14/h8-9,11-14,16H,5-7,10H2,1-4H3. The maximum Gasteiger partial charge on any atom is 0.108 e. The molecule has 0 aromatic carbocycles. The first kappa shape index (κ1) is 16.2. The molecule has 0 aliphatic carbocycles. The van der Waals surface area contributed by atoms with Crippen LogP contribution in [-0.4, -0.2) is 43.6 Å². The molecule has 1 aliphatic rings. The van der Waals surface area contributed by atoms with Crippen LogP contribution in [0.1, 0.15) is 33.0 Å². The van der Waals surface area contributed by atoms with E-state index in [-0.39, 0.29) is 0 Å². The fraction of sp³-hybridized carbons (Fsp3) is 0.800. The lowest BCUT2D eigenvalue weighted by molar-refractivity contribution is 0.482. The van der Waals surface area contributed by atoms with Gasteiger partial charge < -0.3 is 9.88 Å². The van der Waals surface area contributed by atoms with Crippen molar-refractivity contribution in [1.29, 1.82) is 0 Å². The van der Waals surface area contributed by atoms with Crippen LogP contribution in [0.25, 0.3) is 0 Å². The van der Waals surface area contributed by atoms with Gasteiger partial charge in [0.05, 0.1) is 0 Å². The molecule has 4 unspecified atom stereocenters. The summed E-state index contributed by atoms with van der Waals surface area (Å²) in [5.74, 6) is 2.47. The van der Waals surface area contributed by atoms with E-state index in [4.69, 9.17) is 0 Å². The van der Waals surface area contributed by atoms with Crippen molar-refractivity contribution in [2.24, 2.45) is 7.05 Å². The third kappa shape index (κ3) is 4.18. The Bertz CT molecular complexity index is 408. The van der Waals surface area contributed by atoms with Gasteiger partial charge in [-0.25, -0.2) is 4.98 Å². The molecule has 1 fully saturated rings. The van der Waals surface area contributed by atoms with Gasteiger partial charge in [0.1, 0.15) is 5.82 Å². The Balaban J connectivity index is 1.91. The number of thioether (sulfide) groups is 2. The number of aryl methyl sites for hydroxylation is 2. The molecule has 5 heteroatoms. The van der Waals surface area contributed by atoms with Crippen molar-refractivity contribution in [3.8, 4) is 0 Å². The third-order valence-corrected chi connectivity index (χ3v) is 7.64. The van der Waals surface area contributed by atoms with E-state index in [1.54, 1.807) is 0 Å². The van der Waals surface area contributed by atoms with Gasteiger partial charge in [-0.1, -0.05) is 20.8 Å². The minimum Gasteiger partial charge on any atom is -0.338 e. The number of aromatic nitrogens is 2. The minimum atomic E-state index is 0.601. The van der Waals surface area contributed by atoms with E-state index >= 15 is 0 Å². The van der Waals surface area contributed by atoms with E-state index in [0.717, 1.165) is 28.7 Å². The second-order valence-corrected chi connectivity index (χ2v) is 8.61. The molecular weight excluding hydrogens is 286 g/mol. The number of nitrogens with zero attached hydrogens (tertiary/aromatic N) is 2. The third-order valence-electron chi connectivity index (χ3n) is 4.09. The van der Waals surface area contributed by atoms with Gasteiger partial charge in [-0.2, -0.15) is 23.5 Å². The van der Waals surface area contributed by atoms with Gasteiger partial charge in [-0.3, -0.25) is 0 Å². The Morgan fingerprint density at radius 3 is 2.85 bits per heavy atom. The molecule has 1 aromatic rings. The van der Waals surface area contributed by atoms with Crippen molar-refractivity contribution in [1.82, 2.24) is 14.9 Å². The van der Waals surface area contributed by atoms with Crippen LogP contribution in [0.4, 0.5) is 0 Å². The smallest absolute Gasteiger partial charge is 0.108 e. The summed E-state index contributed by atoms with van der Waals surface area (Å²) < 4.78 is 2.14. The van der Waals surface area contributed by atoms with Crippen LogP contribution >= 0.6 is 23.5 Å². The van der Waals surface area contributed by atoms with Gasteiger partial charge in [0.2, 0.25) is 0 Å². The fourth-order valence-corrected chi connectivity index (χ4v) is 5.79. The normalized spacial score (nSPS) is 28.5. The maximum absolute atomic E-state index is 4.44. The Morgan fingerprint density at radius 2 is 2.25 bits per heavy atom. The number of nitrogens with one attached hydrogen (secondary N) is 1. The van der Waals surface area contributed by atoms with Gasteiger partial charge in [-0.15, -0.1) is 0 Å². The summed E-state index contributed by atoms with van der Waals surface area (Å²) in [4.78, 5) is 4.44. The quantitative estimate of drug-likeness (QED) is 0.874. The number of hydrogen-bond acceptors (Lipinski definition) is 4. The van der Waals surface area contributed by atoms with Crippen LogP contribution in [0.15, 0.2) is 12.4 Å². The number of hydrogen-bond donors (Lipinski definition) is 1. The molecule has 1 aromatic heterocycles. The molecule has 0 radical (unpaired) electrons. The molecule has 2 heterocycles. The van der Waals surface area contributed by atoms with E-state index in [9.17, 15) is 0 Å². The van der Waals surface area contributed by atoms with Gasteiger partial charge in [0, 0.05) is 53.4 Å². The highest BCUT2D eigenvalue weighted by Gasteiger charge is 2.30. The van der Waals surface area contributed by atoms with Crippen LogP contribution in [0.2, 0.25) is 0 Å². The van der Waals surface area contributed by atoms with E-state index in [2.05, 4.69) is 66.2 Å². The topological polar surface area (TPSA) is 29.9 Å². The molecule has 2 rings (SSSR count). The van der Waals surface area contributed by atoms with E-state index < -0.39 is 0 Å². The highest BCUT2D eigenvalue weighted by atomic mass is 32.2. The van der Waals surface area contributed by atoms with Crippen molar-refractivity contribution < 1.29 is 0 Å². The SMILES string of the molecule is CCNC(CCc1nccn1C)C1CSC(C)C(C)S1. The Kier molecular flexibility index (Phi) is 6.30. The average molecular weight is 314 g/mol. The summed E-state index contributed by atoms with van der Waals surface area (Å²) in [6, 6.07) is 0.601. The fourth-order valence-electron chi connectivity index (χ4n) is 2.62. The van der Waals surface area contributed by atoms with Crippen LogP contribution < -0.4 is 5.32 Å². The molecule has 1 N–H and O–H groups in total. The average Bonchev–Trinajstić information content (AvgIpc) is 2.83. The van der Waals surface area contributed by atoms with Crippen LogP contribution in [0, 0.1) is 0 Å². The first-order valence-electron chi connectivity index (χ1n) is 7.58. The number of rotatable bonds is 6. The highest BCUT2D eigenvalue weighted by Crippen LogP contribution is 2.37. The summed E-state index contributed by atoms with van der Waals surface area (Å²) in [5.41, 5.74) is 0. The van der Waals surface area contributed by atoms with Crippen molar-refractivity contribution in [3.63, 3.8) is 0 Å². The monoisotopic (exact) mass is 313 g/mol. The Hall–Kier alpha value is -0.130. The van der Waals surface area contributed by atoms with Crippen molar-refractivity contribution in [3.05, 3.63) is 18.2 Å². The molecule has 20 heavy (non-hydrogen) atoms. The first-order valence-corrected chi connectivity index (χ1v) is 9.57. The molecule has 114 valence electrons. The van der Waals surface area contributed by atoms with Crippen LogP contribution in [0.5, 0.6) is 0 Å². The van der Waals surface area contributed by atoms with Gasteiger partial charge in [-0.05, 0) is 13.0 Å². The summed E-state index contributed by atoms with van der Waals surface area (Å²) in [7, 11) is 2.08. The van der Waals surface area contributed by atoms with Crippen molar-refractivity contribution in [2.75, 3.05) is 12.3 Å². The van der Waals surface area contributed by atoms with Gasteiger partial charge in [0.25, 0.3) is 0 Å². The van der Waals surface area contributed by atoms with Crippen LogP contribution in [0.3, 0.4) is 0 Å². The van der Waals surface area contributed by atoms with Crippen molar-refractivity contribution in [2.45, 2.75) is 55.4 Å². The van der Waals surface area contributed by atoms with Crippen molar-refractivity contribution >= 4 is 23.5 Å². The lowest BCUT2D eigenvalue weighted by atomic mass is 10.1. The summed E-state index contributed by atoms with van der Waals surface area (Å²) in [6.07, 6.45) is 6.17. The van der Waals surface area contributed by atoms with E-state index in [1.807, 2.05) is 12.4 Å². The van der Waals surface area contributed by atoms with Gasteiger partial charge in [0.15, 0.2) is 0 Å². The van der Waals surface area contributed by atoms with E-state index in [1.165, 1.54) is 18.0 Å². The molecule has 0 amide bonds. The predicted molar refractivity (Wildman–Crippen MR) is 91.8 cm³/mol. The molecule has 0 saturated carbocycles. The second-order valence-electron chi connectivity index (χ2n) is 5.58. The highest BCUT2D eigenvalue weighted by molar-refractivity contribution is 8.07. The zero-order valence-electron chi connectivity index (χ0n) is 13.0. The maximum atomic E-state index is 4.44. The lowest BCUT2D eigenvalue weighted by Crippen LogP contribution is -2.43. The molecule has 4 atom stereocenters. The first-order chi connectivity index (χ1) is 9.61. The summed E-state index contributed by atoms with van der Waals surface area (Å²) in [5, 5.41) is 5.97. The molecule has 0 bridgehead atoms.